The maximum absolute atomic E-state index is 14.8. The van der Waals surface area contributed by atoms with Crippen LogP contribution in [0.4, 0.5) is 4.39 Å². The van der Waals surface area contributed by atoms with Crippen LogP contribution in [0.3, 0.4) is 0 Å². The summed E-state index contributed by atoms with van der Waals surface area (Å²) in [5, 5.41) is 0. The van der Waals surface area contributed by atoms with Gasteiger partial charge in [0.05, 0.1) is 11.1 Å². The van der Waals surface area contributed by atoms with Crippen LogP contribution in [0, 0.1) is 12.7 Å². The fourth-order valence-corrected chi connectivity index (χ4v) is 3.09. The number of carbonyl (C=O) groups excluding carboxylic acids is 1. The second-order valence-corrected chi connectivity index (χ2v) is 6.57. The highest BCUT2D eigenvalue weighted by Crippen LogP contribution is 2.39. The van der Waals surface area contributed by atoms with E-state index in [2.05, 4.69) is 15.9 Å². The number of hydrogen-bond donors (Lipinski definition) is 0. The van der Waals surface area contributed by atoms with E-state index in [1.165, 1.54) is 0 Å². The summed E-state index contributed by atoms with van der Waals surface area (Å²) in [6.07, 6.45) is 5.16. The summed E-state index contributed by atoms with van der Waals surface area (Å²) < 4.78 is 26.5. The fourth-order valence-electron chi connectivity index (χ4n) is 2.47. The van der Waals surface area contributed by atoms with Crippen LogP contribution >= 0.6 is 15.9 Å². The van der Waals surface area contributed by atoms with Gasteiger partial charge in [-0.1, -0.05) is 43.7 Å². The summed E-state index contributed by atoms with van der Waals surface area (Å²) >= 11 is 3.40. The van der Waals surface area contributed by atoms with Crippen molar-refractivity contribution in [1.29, 1.82) is 0 Å². The van der Waals surface area contributed by atoms with Gasteiger partial charge in [0.1, 0.15) is 22.9 Å². The average Bonchev–Trinajstić information content (AvgIpc) is 2.64. The van der Waals surface area contributed by atoms with E-state index < -0.39 is 11.8 Å². The van der Waals surface area contributed by atoms with Gasteiger partial charge in [-0.05, 0) is 48.3 Å². The molecule has 0 aliphatic carbocycles. The summed E-state index contributed by atoms with van der Waals surface area (Å²) in [7, 11) is 0. The first-order valence-corrected chi connectivity index (χ1v) is 9.34. The van der Waals surface area contributed by atoms with Crippen molar-refractivity contribution in [3.8, 4) is 11.5 Å². The molecular weight excluding hydrogens is 399 g/mol. The van der Waals surface area contributed by atoms with Crippen LogP contribution in [0.2, 0.25) is 0 Å². The highest BCUT2D eigenvalue weighted by Gasteiger charge is 2.26. The molecule has 0 saturated carbocycles. The van der Waals surface area contributed by atoms with Gasteiger partial charge in [-0.2, -0.15) is 0 Å². The second kappa shape index (κ2) is 9.53. The third-order valence-electron chi connectivity index (χ3n) is 3.84. The van der Waals surface area contributed by atoms with Gasteiger partial charge >= 0.3 is 5.97 Å². The number of allylic oxidation sites excluding steroid dienone is 1. The number of rotatable bonds is 7. The van der Waals surface area contributed by atoms with E-state index in [9.17, 15) is 9.18 Å². The quantitative estimate of drug-likeness (QED) is 0.298. The van der Waals surface area contributed by atoms with Gasteiger partial charge in [0.2, 0.25) is 0 Å². The zero-order chi connectivity index (χ0) is 19.1. The normalized spacial score (nSPS) is 11.0. The van der Waals surface area contributed by atoms with Gasteiger partial charge in [0.25, 0.3) is 0 Å². The zero-order valence-electron chi connectivity index (χ0n) is 15.1. The highest BCUT2D eigenvalue weighted by atomic mass is 79.9. The lowest BCUT2D eigenvalue weighted by Crippen LogP contribution is -2.15. The number of esters is 1. The minimum absolute atomic E-state index is 0.0996. The van der Waals surface area contributed by atoms with Crippen LogP contribution in [0.1, 0.15) is 48.2 Å². The minimum Gasteiger partial charge on any atom is -0.491 e. The van der Waals surface area contributed by atoms with Crippen LogP contribution in [-0.4, -0.2) is 12.6 Å². The van der Waals surface area contributed by atoms with Crippen LogP contribution in [0.15, 0.2) is 40.9 Å². The molecule has 2 aromatic carbocycles. The molecule has 26 heavy (non-hydrogen) atoms. The lowest BCUT2D eigenvalue weighted by molar-refractivity contribution is 0.0728. The van der Waals surface area contributed by atoms with Crippen molar-refractivity contribution in [2.45, 2.75) is 33.6 Å². The standard InChI is InChI=1S/C21H22BrFO3/c1-4-6-13-25-20-17(21(24)26-15-11-8-7-9-12-15)14(3)19(23)16(10-5-2)18(20)22/h5,7-12H,4,6,13H2,1-3H3. The Bertz CT molecular complexity index is 801. The molecule has 0 atom stereocenters. The Hall–Kier alpha value is -2.14. The maximum Gasteiger partial charge on any atom is 0.347 e. The van der Waals surface area contributed by atoms with E-state index in [-0.39, 0.29) is 11.1 Å². The largest absolute Gasteiger partial charge is 0.491 e. The van der Waals surface area contributed by atoms with Crippen LogP contribution in [0.5, 0.6) is 11.5 Å². The average molecular weight is 421 g/mol. The molecule has 0 fully saturated rings. The lowest BCUT2D eigenvalue weighted by atomic mass is 10.0. The fraction of sp³-hybridized carbons (Fsp3) is 0.286. The molecule has 0 heterocycles. The molecule has 2 aromatic rings. The molecule has 0 aliphatic heterocycles. The summed E-state index contributed by atoms with van der Waals surface area (Å²) in [6.45, 7) is 5.84. The Balaban J connectivity index is 2.52. The molecule has 5 heteroatoms. The van der Waals surface area contributed by atoms with Gasteiger partial charge in [-0.15, -0.1) is 0 Å². The molecule has 2 rings (SSSR count). The number of benzene rings is 2. The smallest absolute Gasteiger partial charge is 0.347 e. The lowest BCUT2D eigenvalue weighted by Gasteiger charge is -2.18. The molecule has 0 N–H and O–H groups in total. The van der Waals surface area contributed by atoms with Crippen molar-refractivity contribution < 1.29 is 18.7 Å². The van der Waals surface area contributed by atoms with Crippen LogP contribution < -0.4 is 9.47 Å². The Kier molecular flexibility index (Phi) is 7.39. The molecule has 0 unspecified atom stereocenters. The van der Waals surface area contributed by atoms with E-state index in [4.69, 9.17) is 9.47 Å². The first-order chi connectivity index (χ1) is 12.5. The van der Waals surface area contributed by atoms with E-state index in [1.54, 1.807) is 50.3 Å². The van der Waals surface area contributed by atoms with Crippen LogP contribution in [-0.2, 0) is 0 Å². The summed E-state index contributed by atoms with van der Waals surface area (Å²) in [6, 6.07) is 8.69. The molecule has 0 aromatic heterocycles. The van der Waals surface area contributed by atoms with E-state index in [0.29, 0.717) is 28.1 Å². The molecule has 0 aliphatic rings. The van der Waals surface area contributed by atoms with Gasteiger partial charge in [-0.25, -0.2) is 9.18 Å². The van der Waals surface area contributed by atoms with Crippen LogP contribution in [0.25, 0.3) is 6.08 Å². The first kappa shape index (κ1) is 20.2. The van der Waals surface area contributed by atoms with Crippen molar-refractivity contribution in [3.05, 3.63) is 63.4 Å². The third-order valence-corrected chi connectivity index (χ3v) is 4.63. The topological polar surface area (TPSA) is 35.5 Å². The predicted octanol–water partition coefficient (Wildman–Crippen LogP) is 6.33. The SMILES string of the molecule is CC=Cc1c(F)c(C)c(C(=O)Oc2ccccc2)c(OCCCC)c1Br. The van der Waals surface area contributed by atoms with E-state index >= 15 is 0 Å². The predicted molar refractivity (Wildman–Crippen MR) is 105 cm³/mol. The number of hydrogen-bond acceptors (Lipinski definition) is 3. The minimum atomic E-state index is -0.646. The Morgan fingerprint density at radius 3 is 2.58 bits per heavy atom. The molecule has 0 saturated heterocycles. The number of unbranched alkanes of at least 4 members (excludes halogenated alkanes) is 1. The van der Waals surface area contributed by atoms with Crippen molar-refractivity contribution in [1.82, 2.24) is 0 Å². The summed E-state index contributed by atoms with van der Waals surface area (Å²) in [5.41, 5.74) is 0.657. The van der Waals surface area contributed by atoms with Gasteiger partial charge in [-0.3, -0.25) is 0 Å². The van der Waals surface area contributed by atoms with Crippen molar-refractivity contribution in [2.24, 2.45) is 0 Å². The second-order valence-electron chi connectivity index (χ2n) is 5.78. The van der Waals surface area contributed by atoms with Crippen molar-refractivity contribution in [2.75, 3.05) is 6.61 Å². The number of halogens is 2. The molecule has 0 amide bonds. The molecule has 0 radical (unpaired) electrons. The molecule has 0 spiro atoms. The Morgan fingerprint density at radius 1 is 1.27 bits per heavy atom. The van der Waals surface area contributed by atoms with Gasteiger partial charge in [0.15, 0.2) is 0 Å². The Morgan fingerprint density at radius 2 is 1.96 bits per heavy atom. The van der Waals surface area contributed by atoms with E-state index in [1.807, 2.05) is 13.0 Å². The van der Waals surface area contributed by atoms with Crippen molar-refractivity contribution in [3.63, 3.8) is 0 Å². The monoisotopic (exact) mass is 420 g/mol. The van der Waals surface area contributed by atoms with Gasteiger partial charge in [0, 0.05) is 11.1 Å². The number of para-hydroxylation sites is 1. The maximum atomic E-state index is 14.8. The molecule has 0 bridgehead atoms. The Labute approximate surface area is 162 Å². The zero-order valence-corrected chi connectivity index (χ0v) is 16.7. The molecular formula is C21H22BrFO3. The first-order valence-electron chi connectivity index (χ1n) is 8.55. The number of carbonyl (C=O) groups is 1. The number of ether oxygens (including phenoxy) is 2. The van der Waals surface area contributed by atoms with E-state index in [0.717, 1.165) is 12.8 Å². The summed E-state index contributed by atoms with van der Waals surface area (Å²) in [5.74, 6) is -0.415. The highest BCUT2D eigenvalue weighted by molar-refractivity contribution is 9.10. The molecule has 138 valence electrons. The van der Waals surface area contributed by atoms with Crippen molar-refractivity contribution >= 4 is 28.0 Å². The molecule has 3 nitrogen and oxygen atoms in total. The third kappa shape index (κ3) is 4.52. The summed E-state index contributed by atoms with van der Waals surface area (Å²) in [4.78, 5) is 12.8. The van der Waals surface area contributed by atoms with Gasteiger partial charge < -0.3 is 9.47 Å².